The van der Waals surface area contributed by atoms with Gasteiger partial charge in [-0.15, -0.1) is 5.10 Å². The summed E-state index contributed by atoms with van der Waals surface area (Å²) < 4.78 is 8.35. The third-order valence-corrected chi connectivity index (χ3v) is 3.22. The van der Waals surface area contributed by atoms with Crippen molar-refractivity contribution in [3.8, 4) is 5.88 Å². The topological polar surface area (TPSA) is 61.9 Å². The number of para-hydroxylation sites is 2. The van der Waals surface area contributed by atoms with Crippen molar-refractivity contribution in [2.45, 2.75) is 6.54 Å². The minimum atomic E-state index is -0.183. The largest absolute Gasteiger partial charge is 0.480 e. The Kier molecular flexibility index (Phi) is 2.98. The summed E-state index contributed by atoms with van der Waals surface area (Å²) in [6, 6.07) is 10.8. The molecular formula is C14H14N4O2. The Morgan fingerprint density at radius 1 is 1.20 bits per heavy atom. The van der Waals surface area contributed by atoms with Crippen molar-refractivity contribution in [2.24, 2.45) is 7.05 Å². The van der Waals surface area contributed by atoms with Crippen molar-refractivity contribution in [3.05, 3.63) is 52.6 Å². The van der Waals surface area contributed by atoms with Gasteiger partial charge in [0.15, 0.2) is 0 Å². The van der Waals surface area contributed by atoms with E-state index in [-0.39, 0.29) is 5.56 Å². The summed E-state index contributed by atoms with van der Waals surface area (Å²) in [7, 11) is 3.45. The van der Waals surface area contributed by atoms with Gasteiger partial charge in [-0.05, 0) is 12.1 Å². The summed E-state index contributed by atoms with van der Waals surface area (Å²) in [6.07, 6.45) is 0. The van der Waals surface area contributed by atoms with Gasteiger partial charge < -0.3 is 9.30 Å². The molecule has 0 saturated heterocycles. The van der Waals surface area contributed by atoms with Gasteiger partial charge in [-0.2, -0.15) is 0 Å². The van der Waals surface area contributed by atoms with E-state index in [0.29, 0.717) is 12.4 Å². The number of hydrogen-bond donors (Lipinski definition) is 0. The highest BCUT2D eigenvalue weighted by molar-refractivity contribution is 5.75. The fourth-order valence-corrected chi connectivity index (χ4v) is 2.12. The van der Waals surface area contributed by atoms with E-state index in [9.17, 15) is 4.79 Å². The molecule has 0 saturated carbocycles. The highest BCUT2D eigenvalue weighted by Gasteiger charge is 2.09. The number of rotatable bonds is 3. The number of imidazole rings is 1. The van der Waals surface area contributed by atoms with Crippen LogP contribution in [0.5, 0.6) is 5.88 Å². The molecule has 0 aliphatic heterocycles. The molecule has 3 aromatic rings. The number of benzene rings is 1. The molecule has 0 spiro atoms. The van der Waals surface area contributed by atoms with Crippen LogP contribution in [0.2, 0.25) is 0 Å². The lowest BCUT2D eigenvalue weighted by Gasteiger charge is -2.06. The van der Waals surface area contributed by atoms with Gasteiger partial charge in [-0.1, -0.05) is 12.1 Å². The molecule has 0 bridgehead atoms. The van der Waals surface area contributed by atoms with Crippen LogP contribution in [-0.2, 0) is 13.6 Å². The maximum absolute atomic E-state index is 11.8. The Morgan fingerprint density at radius 3 is 2.75 bits per heavy atom. The normalized spacial score (nSPS) is 10.9. The molecule has 0 fully saturated rings. The number of ether oxygens (including phenoxy) is 1. The molecule has 2 aromatic heterocycles. The quantitative estimate of drug-likeness (QED) is 0.717. The second-order valence-electron chi connectivity index (χ2n) is 4.45. The molecule has 1 aromatic carbocycles. The third-order valence-electron chi connectivity index (χ3n) is 3.22. The van der Waals surface area contributed by atoms with Crippen molar-refractivity contribution in [3.63, 3.8) is 0 Å². The molecule has 2 heterocycles. The number of methoxy groups -OCH3 is 1. The number of hydrogen-bond acceptors (Lipinski definition) is 4. The molecule has 0 atom stereocenters. The lowest BCUT2D eigenvalue weighted by molar-refractivity contribution is 0.377. The maximum Gasteiger partial charge on any atom is 0.267 e. The Hall–Kier alpha value is -2.63. The zero-order valence-electron chi connectivity index (χ0n) is 11.3. The molecule has 0 aliphatic rings. The van der Waals surface area contributed by atoms with Crippen molar-refractivity contribution in [1.29, 1.82) is 0 Å². The average Bonchev–Trinajstić information content (AvgIpc) is 2.78. The Bertz CT molecular complexity index is 819. The van der Waals surface area contributed by atoms with Gasteiger partial charge in [0.05, 0.1) is 18.1 Å². The van der Waals surface area contributed by atoms with Crippen molar-refractivity contribution in [2.75, 3.05) is 7.11 Å². The van der Waals surface area contributed by atoms with Crippen molar-refractivity contribution in [1.82, 2.24) is 19.3 Å². The molecule has 0 N–H and O–H groups in total. The Labute approximate surface area is 115 Å². The summed E-state index contributed by atoms with van der Waals surface area (Å²) in [5, 5.41) is 4.13. The maximum atomic E-state index is 11.8. The van der Waals surface area contributed by atoms with E-state index in [1.807, 2.05) is 35.9 Å². The van der Waals surface area contributed by atoms with Crippen LogP contribution in [0.1, 0.15) is 5.82 Å². The standard InChI is InChI=1S/C14H14N4O2/c1-17-11-6-4-3-5-10(11)15-12(17)9-18-14(19)8-7-13(16-18)20-2/h3-8H,9H2,1-2H3. The van der Waals surface area contributed by atoms with Crippen LogP contribution in [0.15, 0.2) is 41.2 Å². The summed E-state index contributed by atoms with van der Waals surface area (Å²) in [4.78, 5) is 16.4. The van der Waals surface area contributed by atoms with Crippen LogP contribution in [0.4, 0.5) is 0 Å². The van der Waals surface area contributed by atoms with E-state index >= 15 is 0 Å². The van der Waals surface area contributed by atoms with Gasteiger partial charge in [0.1, 0.15) is 12.4 Å². The predicted molar refractivity (Wildman–Crippen MR) is 74.9 cm³/mol. The highest BCUT2D eigenvalue weighted by Crippen LogP contribution is 2.14. The van der Waals surface area contributed by atoms with Gasteiger partial charge in [0.25, 0.3) is 5.56 Å². The zero-order valence-corrected chi connectivity index (χ0v) is 11.3. The number of nitrogens with zero attached hydrogens (tertiary/aromatic N) is 4. The molecule has 0 unspecified atom stereocenters. The van der Waals surface area contributed by atoms with Crippen LogP contribution in [0, 0.1) is 0 Å². The molecule has 6 nitrogen and oxygen atoms in total. The van der Waals surface area contributed by atoms with Gasteiger partial charge in [0, 0.05) is 19.2 Å². The first kappa shape index (κ1) is 12.4. The van der Waals surface area contributed by atoms with Crippen LogP contribution in [0.3, 0.4) is 0 Å². The average molecular weight is 270 g/mol. The van der Waals surface area contributed by atoms with Crippen LogP contribution >= 0.6 is 0 Å². The lowest BCUT2D eigenvalue weighted by Crippen LogP contribution is -2.24. The van der Waals surface area contributed by atoms with Gasteiger partial charge >= 0.3 is 0 Å². The molecular weight excluding hydrogens is 256 g/mol. The summed E-state index contributed by atoms with van der Waals surface area (Å²) in [6.45, 7) is 0.307. The second-order valence-corrected chi connectivity index (χ2v) is 4.45. The van der Waals surface area contributed by atoms with E-state index in [2.05, 4.69) is 10.1 Å². The van der Waals surface area contributed by atoms with Crippen LogP contribution in [0.25, 0.3) is 11.0 Å². The van der Waals surface area contributed by atoms with E-state index in [1.165, 1.54) is 17.9 Å². The fraction of sp³-hybridized carbons (Fsp3) is 0.214. The second kappa shape index (κ2) is 4.80. The fourth-order valence-electron chi connectivity index (χ4n) is 2.12. The summed E-state index contributed by atoms with van der Waals surface area (Å²) in [5.41, 5.74) is 1.75. The predicted octanol–water partition coefficient (Wildman–Crippen LogP) is 1.19. The SMILES string of the molecule is COc1ccc(=O)n(Cc2nc3ccccc3n2C)n1. The number of aromatic nitrogens is 4. The lowest BCUT2D eigenvalue weighted by atomic mass is 10.3. The van der Waals surface area contributed by atoms with E-state index in [1.54, 1.807) is 6.07 Å². The van der Waals surface area contributed by atoms with E-state index in [4.69, 9.17) is 4.74 Å². The number of fused-ring (bicyclic) bond motifs is 1. The highest BCUT2D eigenvalue weighted by atomic mass is 16.5. The first-order valence-electron chi connectivity index (χ1n) is 6.21. The minimum absolute atomic E-state index is 0.183. The molecule has 102 valence electrons. The third kappa shape index (κ3) is 2.05. The molecule has 0 aliphatic carbocycles. The summed E-state index contributed by atoms with van der Waals surface area (Å²) in [5.74, 6) is 1.18. The minimum Gasteiger partial charge on any atom is -0.480 e. The molecule has 6 heteroatoms. The summed E-state index contributed by atoms with van der Waals surface area (Å²) >= 11 is 0. The Morgan fingerprint density at radius 2 is 2.00 bits per heavy atom. The Balaban J connectivity index is 2.05. The molecule has 0 radical (unpaired) electrons. The van der Waals surface area contributed by atoms with Crippen LogP contribution in [-0.4, -0.2) is 26.4 Å². The van der Waals surface area contributed by atoms with E-state index < -0.39 is 0 Å². The van der Waals surface area contributed by atoms with Crippen molar-refractivity contribution >= 4 is 11.0 Å². The first-order valence-corrected chi connectivity index (χ1v) is 6.21. The zero-order chi connectivity index (χ0) is 14.1. The van der Waals surface area contributed by atoms with Crippen LogP contribution < -0.4 is 10.3 Å². The molecule has 20 heavy (non-hydrogen) atoms. The van der Waals surface area contributed by atoms with E-state index in [0.717, 1.165) is 16.9 Å². The molecule has 3 rings (SSSR count). The first-order chi connectivity index (χ1) is 9.69. The van der Waals surface area contributed by atoms with Crippen molar-refractivity contribution < 1.29 is 4.74 Å². The van der Waals surface area contributed by atoms with Gasteiger partial charge in [-0.3, -0.25) is 4.79 Å². The van der Waals surface area contributed by atoms with Gasteiger partial charge in [-0.25, -0.2) is 9.67 Å². The molecule has 0 amide bonds. The smallest absolute Gasteiger partial charge is 0.267 e. The number of aryl methyl sites for hydroxylation is 1. The monoisotopic (exact) mass is 270 g/mol. The van der Waals surface area contributed by atoms with Gasteiger partial charge in [0.2, 0.25) is 5.88 Å².